The van der Waals surface area contributed by atoms with Gasteiger partial charge in [-0.3, -0.25) is 19.7 Å². The van der Waals surface area contributed by atoms with Crippen LogP contribution in [0.25, 0.3) is 0 Å². The van der Waals surface area contributed by atoms with Gasteiger partial charge < -0.3 is 5.32 Å². The van der Waals surface area contributed by atoms with Crippen molar-refractivity contribution in [3.63, 3.8) is 0 Å². The summed E-state index contributed by atoms with van der Waals surface area (Å²) in [5.41, 5.74) is 4.06. The maximum absolute atomic E-state index is 12.2. The molecule has 0 aliphatic carbocycles. The van der Waals surface area contributed by atoms with Crippen LogP contribution in [0.15, 0.2) is 77.9 Å². The molecule has 3 rings (SSSR count). The molecule has 9 heteroatoms. The number of halogens is 1. The molecule has 8 nitrogen and oxygen atoms in total. The first-order chi connectivity index (χ1) is 14.4. The molecule has 0 saturated carbocycles. The van der Waals surface area contributed by atoms with Crippen LogP contribution in [0.4, 0.5) is 11.4 Å². The van der Waals surface area contributed by atoms with Crippen LogP contribution < -0.4 is 10.7 Å². The van der Waals surface area contributed by atoms with E-state index < -0.39 is 10.8 Å². The third-order valence-electron chi connectivity index (χ3n) is 3.97. The number of nitrogens with zero attached hydrogens (tertiary/aromatic N) is 2. The normalized spacial score (nSPS) is 10.6. The summed E-state index contributed by atoms with van der Waals surface area (Å²) in [7, 11) is 0. The van der Waals surface area contributed by atoms with Crippen molar-refractivity contribution in [2.45, 2.75) is 0 Å². The highest BCUT2D eigenvalue weighted by atomic mass is 35.5. The number of hydrogen-bond donors (Lipinski definition) is 2. The average Bonchev–Trinajstić information content (AvgIpc) is 2.75. The maximum atomic E-state index is 12.2. The molecule has 0 atom stereocenters. The number of carbonyl (C=O) groups is 2. The second kappa shape index (κ2) is 9.44. The number of hydrogen-bond acceptors (Lipinski definition) is 5. The van der Waals surface area contributed by atoms with E-state index in [1.165, 1.54) is 36.5 Å². The van der Waals surface area contributed by atoms with Crippen LogP contribution >= 0.6 is 11.6 Å². The van der Waals surface area contributed by atoms with Gasteiger partial charge in [-0.2, -0.15) is 5.10 Å². The third-order valence-corrected chi connectivity index (χ3v) is 4.22. The number of nitro groups is 1. The number of benzene rings is 3. The molecule has 2 amide bonds. The van der Waals surface area contributed by atoms with Gasteiger partial charge >= 0.3 is 0 Å². The number of amides is 2. The first-order valence-electron chi connectivity index (χ1n) is 8.67. The van der Waals surface area contributed by atoms with Crippen molar-refractivity contribution in [2.24, 2.45) is 5.10 Å². The van der Waals surface area contributed by atoms with Gasteiger partial charge in [0.15, 0.2) is 0 Å². The molecular formula is C21H15ClN4O4. The Morgan fingerprint density at radius 1 is 0.933 bits per heavy atom. The molecule has 0 fully saturated rings. The minimum absolute atomic E-state index is 0.0680. The highest BCUT2D eigenvalue weighted by molar-refractivity contribution is 6.30. The Morgan fingerprint density at radius 3 is 2.23 bits per heavy atom. The molecule has 3 aromatic rings. The first kappa shape index (κ1) is 20.7. The summed E-state index contributed by atoms with van der Waals surface area (Å²) in [6.07, 6.45) is 1.31. The minimum Gasteiger partial charge on any atom is -0.322 e. The highest BCUT2D eigenvalue weighted by Gasteiger charge is 2.08. The van der Waals surface area contributed by atoms with E-state index >= 15 is 0 Å². The fourth-order valence-electron chi connectivity index (χ4n) is 2.46. The quantitative estimate of drug-likeness (QED) is 0.351. The molecule has 0 bridgehead atoms. The van der Waals surface area contributed by atoms with Gasteiger partial charge in [-0.25, -0.2) is 5.43 Å². The SMILES string of the molecule is O=C(N/N=C\c1cccc([N+](=O)[O-])c1)c1ccc(NC(=O)c2ccc(Cl)cc2)cc1. The van der Waals surface area contributed by atoms with Crippen LogP contribution in [0.1, 0.15) is 26.3 Å². The van der Waals surface area contributed by atoms with E-state index in [2.05, 4.69) is 15.8 Å². The number of anilines is 1. The Labute approximate surface area is 176 Å². The van der Waals surface area contributed by atoms with Crippen LogP contribution in [0.2, 0.25) is 5.02 Å². The zero-order valence-electron chi connectivity index (χ0n) is 15.4. The Hall–Kier alpha value is -4.04. The Kier molecular flexibility index (Phi) is 6.51. The predicted octanol–water partition coefficient (Wildman–Crippen LogP) is 4.26. The van der Waals surface area contributed by atoms with Crippen molar-refractivity contribution >= 4 is 41.0 Å². The monoisotopic (exact) mass is 422 g/mol. The van der Waals surface area contributed by atoms with Crippen molar-refractivity contribution in [3.8, 4) is 0 Å². The lowest BCUT2D eigenvalue weighted by Gasteiger charge is -2.06. The molecule has 0 aliphatic rings. The molecular weight excluding hydrogens is 408 g/mol. The van der Waals surface area contributed by atoms with E-state index in [0.29, 0.717) is 27.4 Å². The predicted molar refractivity (Wildman–Crippen MR) is 114 cm³/mol. The molecule has 0 heterocycles. The smallest absolute Gasteiger partial charge is 0.271 e. The number of carbonyl (C=O) groups excluding carboxylic acids is 2. The summed E-state index contributed by atoms with van der Waals surface area (Å²) >= 11 is 5.81. The molecule has 0 saturated heterocycles. The maximum Gasteiger partial charge on any atom is 0.271 e. The van der Waals surface area contributed by atoms with E-state index in [1.54, 1.807) is 42.5 Å². The molecule has 2 N–H and O–H groups in total. The van der Waals surface area contributed by atoms with Crippen molar-refractivity contribution < 1.29 is 14.5 Å². The number of nitrogens with one attached hydrogen (secondary N) is 2. The summed E-state index contributed by atoms with van der Waals surface area (Å²) in [4.78, 5) is 34.6. The van der Waals surface area contributed by atoms with Gasteiger partial charge in [0.2, 0.25) is 0 Å². The van der Waals surface area contributed by atoms with Gasteiger partial charge in [-0.1, -0.05) is 23.7 Å². The Balaban J connectivity index is 1.58. The van der Waals surface area contributed by atoms with Crippen LogP contribution in [0, 0.1) is 10.1 Å². The zero-order chi connectivity index (χ0) is 21.5. The summed E-state index contributed by atoms with van der Waals surface area (Å²) in [6.45, 7) is 0. The number of non-ortho nitro benzene ring substituents is 1. The van der Waals surface area contributed by atoms with Gasteiger partial charge in [0.25, 0.3) is 17.5 Å². The van der Waals surface area contributed by atoms with Crippen LogP contribution in [-0.4, -0.2) is 23.0 Å². The lowest BCUT2D eigenvalue weighted by molar-refractivity contribution is -0.384. The lowest BCUT2D eigenvalue weighted by atomic mass is 10.1. The van der Waals surface area contributed by atoms with Gasteiger partial charge in [0, 0.05) is 39.5 Å². The van der Waals surface area contributed by atoms with Gasteiger partial charge in [-0.15, -0.1) is 0 Å². The first-order valence-corrected chi connectivity index (χ1v) is 9.05. The topological polar surface area (TPSA) is 114 Å². The van der Waals surface area contributed by atoms with Crippen LogP contribution in [0.3, 0.4) is 0 Å². The molecule has 30 heavy (non-hydrogen) atoms. The standard InChI is InChI=1S/C21H15ClN4O4/c22-17-8-4-15(5-9-17)20(27)24-18-10-6-16(7-11-18)21(28)25-23-13-14-2-1-3-19(12-14)26(29)30/h1-13H,(H,24,27)(H,25,28)/b23-13-. The van der Waals surface area contributed by atoms with Crippen LogP contribution in [0.5, 0.6) is 0 Å². The lowest BCUT2D eigenvalue weighted by Crippen LogP contribution is -2.17. The molecule has 0 aliphatic heterocycles. The van der Waals surface area contributed by atoms with Crippen molar-refractivity contribution in [3.05, 3.63) is 105 Å². The number of hydrazone groups is 1. The largest absolute Gasteiger partial charge is 0.322 e. The van der Waals surface area contributed by atoms with Gasteiger partial charge in [0.05, 0.1) is 11.1 Å². The van der Waals surface area contributed by atoms with Gasteiger partial charge in [-0.05, 0) is 48.5 Å². The van der Waals surface area contributed by atoms with E-state index in [-0.39, 0.29) is 11.6 Å². The fraction of sp³-hybridized carbons (Fsp3) is 0. The second-order valence-corrected chi connectivity index (χ2v) is 6.53. The van der Waals surface area contributed by atoms with Crippen molar-refractivity contribution in [1.29, 1.82) is 0 Å². The molecule has 3 aromatic carbocycles. The van der Waals surface area contributed by atoms with Crippen LogP contribution in [-0.2, 0) is 0 Å². The summed E-state index contributed by atoms with van der Waals surface area (Å²) in [5, 5.41) is 17.8. The van der Waals surface area contributed by atoms with E-state index in [9.17, 15) is 19.7 Å². The van der Waals surface area contributed by atoms with E-state index in [4.69, 9.17) is 11.6 Å². The molecule has 150 valence electrons. The summed E-state index contributed by atoms with van der Waals surface area (Å²) in [6, 6.07) is 18.6. The minimum atomic E-state index is -0.511. The summed E-state index contributed by atoms with van der Waals surface area (Å²) in [5.74, 6) is -0.766. The number of nitro benzene ring substituents is 1. The van der Waals surface area contributed by atoms with Crippen molar-refractivity contribution in [2.75, 3.05) is 5.32 Å². The zero-order valence-corrected chi connectivity index (χ0v) is 16.2. The number of rotatable bonds is 6. The highest BCUT2D eigenvalue weighted by Crippen LogP contribution is 2.14. The average molecular weight is 423 g/mol. The third kappa shape index (κ3) is 5.49. The molecule has 0 unspecified atom stereocenters. The molecule has 0 aromatic heterocycles. The van der Waals surface area contributed by atoms with Gasteiger partial charge in [0.1, 0.15) is 0 Å². The van der Waals surface area contributed by atoms with Crippen molar-refractivity contribution in [1.82, 2.24) is 5.43 Å². The summed E-state index contributed by atoms with van der Waals surface area (Å²) < 4.78 is 0. The van der Waals surface area contributed by atoms with E-state index in [0.717, 1.165) is 0 Å². The Morgan fingerprint density at radius 2 is 1.57 bits per heavy atom. The molecule has 0 spiro atoms. The molecule has 0 radical (unpaired) electrons. The fourth-order valence-corrected chi connectivity index (χ4v) is 2.58. The second-order valence-electron chi connectivity index (χ2n) is 6.09. The van der Waals surface area contributed by atoms with E-state index in [1.807, 2.05) is 0 Å². The Bertz CT molecular complexity index is 1110.